The summed E-state index contributed by atoms with van der Waals surface area (Å²) >= 11 is 0. The highest BCUT2D eigenvalue weighted by molar-refractivity contribution is 5.98. The maximum absolute atomic E-state index is 12.1. The largest absolute Gasteiger partial charge is 0.497 e. The first-order chi connectivity index (χ1) is 17.5. The monoisotopic (exact) mass is 485 g/mol. The van der Waals surface area contributed by atoms with Crippen molar-refractivity contribution in [3.05, 3.63) is 72.1 Å². The molecule has 9 nitrogen and oxygen atoms in total. The summed E-state index contributed by atoms with van der Waals surface area (Å²) in [7, 11) is 1.66. The fourth-order valence-corrected chi connectivity index (χ4v) is 4.70. The van der Waals surface area contributed by atoms with Gasteiger partial charge in [0, 0.05) is 36.7 Å². The van der Waals surface area contributed by atoms with Crippen molar-refractivity contribution in [2.45, 2.75) is 44.3 Å². The molecule has 6 N–H and O–H groups in total. The van der Waals surface area contributed by atoms with Crippen LogP contribution in [0.1, 0.15) is 41.6 Å². The first kappa shape index (κ1) is 23.6. The van der Waals surface area contributed by atoms with Crippen LogP contribution in [0.5, 0.6) is 5.75 Å². The number of nitrogens with one attached hydrogen (secondary N) is 2. The molecule has 5 rings (SSSR count). The number of carbonyl (C=O) groups is 1. The smallest absolute Gasteiger partial charge is 0.254 e. The Morgan fingerprint density at radius 2 is 1.94 bits per heavy atom. The first-order valence-corrected chi connectivity index (χ1v) is 12.2. The molecule has 2 heterocycles. The molecule has 2 atom stereocenters. The van der Waals surface area contributed by atoms with Gasteiger partial charge in [0.2, 0.25) is 5.95 Å². The second-order valence-electron chi connectivity index (χ2n) is 9.21. The standard InChI is InChI=1S/C27H31N7O2/c1-36-20-10-6-17(7-11-20)16-34-13-12-18-8-9-19(14-24(18)34)31-26-21(25(29)35)15-30-27(33-26)32-23-5-3-2-4-22(23)28/h6-15,22-23H,2-5,16,28H2,1H3,(H2,29,35)(H2,30,31,32,33). The molecule has 1 aliphatic rings. The number of methoxy groups -OCH3 is 1. The molecule has 9 heteroatoms. The van der Waals surface area contributed by atoms with E-state index in [-0.39, 0.29) is 17.6 Å². The molecule has 1 saturated carbocycles. The Balaban J connectivity index is 1.40. The molecule has 0 spiro atoms. The van der Waals surface area contributed by atoms with E-state index in [9.17, 15) is 4.79 Å². The van der Waals surface area contributed by atoms with E-state index in [1.165, 1.54) is 6.20 Å². The minimum Gasteiger partial charge on any atom is -0.497 e. The number of amides is 1. The van der Waals surface area contributed by atoms with E-state index in [1.54, 1.807) is 7.11 Å². The van der Waals surface area contributed by atoms with E-state index in [2.05, 4.69) is 49.6 Å². The highest BCUT2D eigenvalue weighted by atomic mass is 16.5. The van der Waals surface area contributed by atoms with E-state index in [0.717, 1.165) is 53.6 Å². The minimum absolute atomic E-state index is 0.0514. The van der Waals surface area contributed by atoms with Gasteiger partial charge in [0.25, 0.3) is 5.91 Å². The minimum atomic E-state index is -0.595. The predicted octanol–water partition coefficient (Wildman–Crippen LogP) is 4.01. The van der Waals surface area contributed by atoms with Crippen molar-refractivity contribution in [3.8, 4) is 5.75 Å². The molecule has 1 fully saturated rings. The summed E-state index contributed by atoms with van der Waals surface area (Å²) in [6, 6.07) is 16.3. The van der Waals surface area contributed by atoms with Gasteiger partial charge in [-0.05, 0) is 54.1 Å². The average Bonchev–Trinajstić information content (AvgIpc) is 3.28. The van der Waals surface area contributed by atoms with Gasteiger partial charge in [0.05, 0.1) is 12.6 Å². The van der Waals surface area contributed by atoms with Crippen molar-refractivity contribution in [2.75, 3.05) is 17.7 Å². The topological polar surface area (TPSA) is 133 Å². The third kappa shape index (κ3) is 5.11. The van der Waals surface area contributed by atoms with Crippen LogP contribution in [0.2, 0.25) is 0 Å². The molecular formula is C27H31N7O2. The first-order valence-electron chi connectivity index (χ1n) is 12.2. The Morgan fingerprint density at radius 1 is 1.14 bits per heavy atom. The second-order valence-corrected chi connectivity index (χ2v) is 9.21. The van der Waals surface area contributed by atoms with Gasteiger partial charge in [0.15, 0.2) is 0 Å². The third-order valence-corrected chi connectivity index (χ3v) is 6.74. The van der Waals surface area contributed by atoms with Crippen LogP contribution >= 0.6 is 0 Å². The second kappa shape index (κ2) is 10.2. The van der Waals surface area contributed by atoms with Crippen molar-refractivity contribution in [1.82, 2.24) is 14.5 Å². The van der Waals surface area contributed by atoms with Gasteiger partial charge in [-0.1, -0.05) is 31.0 Å². The fraction of sp³-hybridized carbons (Fsp3) is 0.296. The van der Waals surface area contributed by atoms with E-state index in [1.807, 2.05) is 30.3 Å². The number of nitrogens with zero attached hydrogens (tertiary/aromatic N) is 3. The third-order valence-electron chi connectivity index (χ3n) is 6.74. The molecule has 2 aromatic carbocycles. The van der Waals surface area contributed by atoms with Gasteiger partial charge in [-0.2, -0.15) is 4.98 Å². The lowest BCUT2D eigenvalue weighted by molar-refractivity contribution is 0.100. The summed E-state index contributed by atoms with van der Waals surface area (Å²) in [5.74, 6) is 1.02. The zero-order valence-corrected chi connectivity index (χ0v) is 20.3. The highest BCUT2D eigenvalue weighted by Gasteiger charge is 2.23. The number of fused-ring (bicyclic) bond motifs is 1. The lowest BCUT2D eigenvalue weighted by Crippen LogP contribution is -2.43. The molecule has 36 heavy (non-hydrogen) atoms. The number of benzene rings is 2. The molecule has 2 unspecified atom stereocenters. The van der Waals surface area contributed by atoms with E-state index in [0.29, 0.717) is 18.3 Å². The number of rotatable bonds is 8. The number of anilines is 3. The van der Waals surface area contributed by atoms with Crippen molar-refractivity contribution < 1.29 is 9.53 Å². The lowest BCUT2D eigenvalue weighted by atomic mass is 9.91. The summed E-state index contributed by atoms with van der Waals surface area (Å²) < 4.78 is 7.44. The normalized spacial score (nSPS) is 17.6. The van der Waals surface area contributed by atoms with E-state index >= 15 is 0 Å². The molecule has 0 bridgehead atoms. The van der Waals surface area contributed by atoms with E-state index in [4.69, 9.17) is 16.2 Å². The van der Waals surface area contributed by atoms with Gasteiger partial charge in [0.1, 0.15) is 17.1 Å². The molecule has 0 saturated heterocycles. The Labute approximate surface area is 209 Å². The molecule has 1 aliphatic carbocycles. The summed E-state index contributed by atoms with van der Waals surface area (Å²) in [6.45, 7) is 0.715. The van der Waals surface area contributed by atoms with Crippen LogP contribution < -0.4 is 26.8 Å². The Bertz CT molecular complexity index is 1370. The summed E-state index contributed by atoms with van der Waals surface area (Å²) in [4.78, 5) is 21.0. The molecular weight excluding hydrogens is 454 g/mol. The maximum atomic E-state index is 12.1. The summed E-state index contributed by atoms with van der Waals surface area (Å²) in [6.07, 6.45) is 7.71. The van der Waals surface area contributed by atoms with E-state index < -0.39 is 5.91 Å². The van der Waals surface area contributed by atoms with Crippen LogP contribution in [0, 0.1) is 0 Å². The number of hydrogen-bond donors (Lipinski definition) is 4. The molecule has 0 aliphatic heterocycles. The molecule has 1 amide bonds. The van der Waals surface area contributed by atoms with Crippen LogP contribution in [0.15, 0.2) is 60.9 Å². The van der Waals surface area contributed by atoms with Crippen LogP contribution in [0.4, 0.5) is 17.5 Å². The summed E-state index contributed by atoms with van der Waals surface area (Å²) in [5.41, 5.74) is 15.1. The Morgan fingerprint density at radius 3 is 2.69 bits per heavy atom. The van der Waals surface area contributed by atoms with Crippen molar-refractivity contribution in [2.24, 2.45) is 11.5 Å². The predicted molar refractivity (Wildman–Crippen MR) is 142 cm³/mol. The lowest BCUT2D eigenvalue weighted by Gasteiger charge is -2.29. The SMILES string of the molecule is COc1ccc(Cn2ccc3ccc(Nc4nc(NC5CCCCC5N)ncc4C(N)=O)cc32)cc1. The zero-order valence-electron chi connectivity index (χ0n) is 20.3. The van der Waals surface area contributed by atoms with Crippen molar-refractivity contribution in [3.63, 3.8) is 0 Å². The van der Waals surface area contributed by atoms with Crippen LogP contribution in [-0.4, -0.2) is 39.6 Å². The van der Waals surface area contributed by atoms with Gasteiger partial charge >= 0.3 is 0 Å². The maximum Gasteiger partial charge on any atom is 0.254 e. The van der Waals surface area contributed by atoms with Gasteiger partial charge < -0.3 is 31.4 Å². The molecule has 0 radical (unpaired) electrons. The number of ether oxygens (including phenoxy) is 1. The Kier molecular flexibility index (Phi) is 6.73. The number of carbonyl (C=O) groups excluding carboxylic acids is 1. The van der Waals surface area contributed by atoms with Crippen molar-refractivity contribution >= 4 is 34.3 Å². The van der Waals surface area contributed by atoms with Gasteiger partial charge in [-0.25, -0.2) is 4.98 Å². The number of aromatic nitrogens is 3. The number of hydrogen-bond acceptors (Lipinski definition) is 7. The number of nitrogens with two attached hydrogens (primary N) is 2. The summed E-state index contributed by atoms with van der Waals surface area (Å²) in [5, 5.41) is 7.73. The van der Waals surface area contributed by atoms with Crippen molar-refractivity contribution in [1.29, 1.82) is 0 Å². The quantitative estimate of drug-likeness (QED) is 0.296. The fourth-order valence-electron chi connectivity index (χ4n) is 4.70. The van der Waals surface area contributed by atoms with Gasteiger partial charge in [-0.3, -0.25) is 4.79 Å². The zero-order chi connectivity index (χ0) is 25.1. The molecule has 4 aromatic rings. The Hall–Kier alpha value is -4.11. The van der Waals surface area contributed by atoms with Crippen LogP contribution in [0.25, 0.3) is 10.9 Å². The molecule has 2 aromatic heterocycles. The number of primary amides is 1. The average molecular weight is 486 g/mol. The molecule has 186 valence electrons. The van der Waals surface area contributed by atoms with Crippen LogP contribution in [-0.2, 0) is 6.54 Å². The van der Waals surface area contributed by atoms with Gasteiger partial charge in [-0.15, -0.1) is 0 Å². The van der Waals surface area contributed by atoms with Crippen LogP contribution in [0.3, 0.4) is 0 Å². The highest BCUT2D eigenvalue weighted by Crippen LogP contribution is 2.26.